The van der Waals surface area contributed by atoms with Gasteiger partial charge in [-0.2, -0.15) is 0 Å². The Balaban J connectivity index is 1.63. The van der Waals surface area contributed by atoms with Gasteiger partial charge in [0.25, 0.3) is 5.91 Å². The van der Waals surface area contributed by atoms with Crippen molar-refractivity contribution in [1.82, 2.24) is 25.1 Å². The van der Waals surface area contributed by atoms with Crippen molar-refractivity contribution in [3.8, 4) is 0 Å². The highest BCUT2D eigenvalue weighted by Gasteiger charge is 2.13. The van der Waals surface area contributed by atoms with E-state index in [1.165, 1.54) is 12.4 Å². The number of nitrogens with one attached hydrogen (secondary N) is 1. The fourth-order valence-electron chi connectivity index (χ4n) is 2.10. The quantitative estimate of drug-likeness (QED) is 0.802. The molecule has 0 aliphatic carbocycles. The molecule has 1 amide bonds. The topological polar surface area (TPSA) is 61.4 Å². The van der Waals surface area contributed by atoms with E-state index in [-0.39, 0.29) is 11.1 Å². The average Bonchev–Trinajstić information content (AvgIpc) is 2.46. The number of halogens is 1. The molecule has 1 aliphatic rings. The van der Waals surface area contributed by atoms with E-state index < -0.39 is 0 Å². The Morgan fingerprint density at radius 1 is 1.30 bits per heavy atom. The van der Waals surface area contributed by atoms with Crippen molar-refractivity contribution in [1.29, 1.82) is 0 Å². The maximum Gasteiger partial charge on any atom is 0.271 e. The van der Waals surface area contributed by atoms with Gasteiger partial charge in [-0.05, 0) is 20.0 Å². The number of likely N-dealkylation sites (N-methyl/N-ethyl adjacent to an activating group) is 1. The van der Waals surface area contributed by atoms with Crippen LogP contribution in [0.25, 0.3) is 0 Å². The Morgan fingerprint density at radius 2 is 2.05 bits per heavy atom. The van der Waals surface area contributed by atoms with E-state index in [0.29, 0.717) is 12.2 Å². The number of carbonyl (C=O) groups is 1. The SMILES string of the molecule is CN1CCN(CCCNC(=O)c2cnc(Cl)cn2)CC1. The number of carbonyl (C=O) groups excluding carboxylic acids is 1. The fourth-order valence-corrected chi connectivity index (χ4v) is 2.19. The van der Waals surface area contributed by atoms with E-state index in [1.54, 1.807) is 0 Å². The third-order valence-corrected chi connectivity index (χ3v) is 3.58. The third kappa shape index (κ3) is 4.70. The van der Waals surface area contributed by atoms with Crippen LogP contribution in [0.3, 0.4) is 0 Å². The second-order valence-corrected chi connectivity index (χ2v) is 5.37. The first kappa shape index (κ1) is 15.2. The highest BCUT2D eigenvalue weighted by molar-refractivity contribution is 6.29. The standard InChI is InChI=1S/C13H20ClN5O/c1-18-5-7-19(8-6-18)4-2-3-15-13(20)11-9-17-12(14)10-16-11/h9-10H,2-8H2,1H3,(H,15,20). The summed E-state index contributed by atoms with van der Waals surface area (Å²) in [5.41, 5.74) is 0.300. The van der Waals surface area contributed by atoms with Gasteiger partial charge >= 0.3 is 0 Å². The Bertz CT molecular complexity index is 431. The maximum absolute atomic E-state index is 11.8. The van der Waals surface area contributed by atoms with Crippen LogP contribution in [0.4, 0.5) is 0 Å². The van der Waals surface area contributed by atoms with Crippen LogP contribution in [0.1, 0.15) is 16.9 Å². The van der Waals surface area contributed by atoms with Crippen LogP contribution in [-0.2, 0) is 0 Å². The molecule has 0 atom stereocenters. The van der Waals surface area contributed by atoms with Gasteiger partial charge in [0.2, 0.25) is 0 Å². The van der Waals surface area contributed by atoms with Crippen LogP contribution in [0.2, 0.25) is 5.15 Å². The van der Waals surface area contributed by atoms with Crippen molar-refractivity contribution in [2.45, 2.75) is 6.42 Å². The molecule has 6 nitrogen and oxygen atoms in total. The predicted octanol–water partition coefficient (Wildman–Crippen LogP) is 0.497. The average molecular weight is 298 g/mol. The summed E-state index contributed by atoms with van der Waals surface area (Å²) in [7, 11) is 2.14. The van der Waals surface area contributed by atoms with E-state index in [0.717, 1.165) is 39.1 Å². The highest BCUT2D eigenvalue weighted by Crippen LogP contribution is 2.02. The molecule has 0 radical (unpaired) electrons. The largest absolute Gasteiger partial charge is 0.351 e. The molecule has 1 saturated heterocycles. The molecule has 1 aromatic rings. The normalized spacial score (nSPS) is 17.1. The summed E-state index contributed by atoms with van der Waals surface area (Å²) in [4.78, 5) is 24.3. The molecule has 0 saturated carbocycles. The van der Waals surface area contributed by atoms with Crippen molar-refractivity contribution in [3.05, 3.63) is 23.2 Å². The van der Waals surface area contributed by atoms with Crippen molar-refractivity contribution in [2.24, 2.45) is 0 Å². The van der Waals surface area contributed by atoms with Gasteiger partial charge in [-0.3, -0.25) is 4.79 Å². The summed E-state index contributed by atoms with van der Waals surface area (Å²) in [5.74, 6) is -0.201. The summed E-state index contributed by atoms with van der Waals surface area (Å²) in [6.07, 6.45) is 3.70. The molecule has 110 valence electrons. The zero-order chi connectivity index (χ0) is 14.4. The minimum absolute atomic E-state index is 0.201. The molecule has 0 aromatic carbocycles. The zero-order valence-corrected chi connectivity index (χ0v) is 12.4. The molecule has 0 bridgehead atoms. The molecule has 20 heavy (non-hydrogen) atoms. The lowest BCUT2D eigenvalue weighted by molar-refractivity contribution is 0.0944. The molecule has 2 rings (SSSR count). The van der Waals surface area contributed by atoms with Crippen LogP contribution < -0.4 is 5.32 Å². The van der Waals surface area contributed by atoms with E-state index in [4.69, 9.17) is 11.6 Å². The van der Waals surface area contributed by atoms with E-state index in [2.05, 4.69) is 32.1 Å². The second kappa shape index (κ2) is 7.52. The van der Waals surface area contributed by atoms with E-state index >= 15 is 0 Å². The summed E-state index contributed by atoms with van der Waals surface area (Å²) < 4.78 is 0. The number of hydrogen-bond donors (Lipinski definition) is 1. The predicted molar refractivity (Wildman–Crippen MR) is 77.9 cm³/mol. The van der Waals surface area contributed by atoms with Gasteiger partial charge in [0.15, 0.2) is 0 Å². The molecule has 0 spiro atoms. The van der Waals surface area contributed by atoms with Crippen LogP contribution in [0.15, 0.2) is 12.4 Å². The van der Waals surface area contributed by atoms with Crippen molar-refractivity contribution in [2.75, 3.05) is 46.3 Å². The van der Waals surface area contributed by atoms with Gasteiger partial charge in [0.1, 0.15) is 10.8 Å². The third-order valence-electron chi connectivity index (χ3n) is 3.39. The first-order valence-electron chi connectivity index (χ1n) is 6.82. The summed E-state index contributed by atoms with van der Waals surface area (Å²) in [5, 5.41) is 3.13. The molecule has 1 N–H and O–H groups in total. The molecule has 1 fully saturated rings. The second-order valence-electron chi connectivity index (χ2n) is 4.98. The van der Waals surface area contributed by atoms with E-state index in [1.807, 2.05) is 0 Å². The molecule has 7 heteroatoms. The fraction of sp³-hybridized carbons (Fsp3) is 0.615. The lowest BCUT2D eigenvalue weighted by Crippen LogP contribution is -2.45. The van der Waals surface area contributed by atoms with Gasteiger partial charge in [-0.15, -0.1) is 0 Å². The van der Waals surface area contributed by atoms with Crippen LogP contribution in [-0.4, -0.2) is 72.0 Å². The number of amides is 1. The molecular weight excluding hydrogens is 278 g/mol. The monoisotopic (exact) mass is 297 g/mol. The Labute approximate surface area is 124 Å². The number of hydrogen-bond acceptors (Lipinski definition) is 5. The lowest BCUT2D eigenvalue weighted by atomic mass is 10.3. The number of piperazine rings is 1. The Kier molecular flexibility index (Phi) is 5.70. The van der Waals surface area contributed by atoms with Crippen LogP contribution >= 0.6 is 11.6 Å². The van der Waals surface area contributed by atoms with E-state index in [9.17, 15) is 4.79 Å². The minimum atomic E-state index is -0.201. The Morgan fingerprint density at radius 3 is 2.70 bits per heavy atom. The molecule has 1 aliphatic heterocycles. The summed E-state index contributed by atoms with van der Waals surface area (Å²) >= 11 is 5.63. The van der Waals surface area contributed by atoms with Crippen molar-refractivity contribution in [3.63, 3.8) is 0 Å². The summed E-state index contributed by atoms with van der Waals surface area (Å²) in [6, 6.07) is 0. The van der Waals surface area contributed by atoms with Gasteiger partial charge in [0.05, 0.1) is 12.4 Å². The van der Waals surface area contributed by atoms with Gasteiger partial charge < -0.3 is 15.1 Å². The molecule has 0 unspecified atom stereocenters. The van der Waals surface area contributed by atoms with Gasteiger partial charge in [-0.25, -0.2) is 9.97 Å². The molecule has 1 aromatic heterocycles. The maximum atomic E-state index is 11.8. The first-order valence-corrected chi connectivity index (χ1v) is 7.19. The number of rotatable bonds is 5. The summed E-state index contributed by atoms with van der Waals surface area (Å²) in [6.45, 7) is 6.11. The van der Waals surface area contributed by atoms with Crippen molar-refractivity contribution >= 4 is 17.5 Å². The molecule has 2 heterocycles. The minimum Gasteiger partial charge on any atom is -0.351 e. The Hall–Kier alpha value is -1.24. The number of nitrogens with zero attached hydrogens (tertiary/aromatic N) is 4. The van der Waals surface area contributed by atoms with Crippen molar-refractivity contribution < 1.29 is 4.79 Å². The zero-order valence-electron chi connectivity index (χ0n) is 11.7. The van der Waals surface area contributed by atoms with Crippen LogP contribution in [0.5, 0.6) is 0 Å². The van der Waals surface area contributed by atoms with Gasteiger partial charge in [-0.1, -0.05) is 11.6 Å². The highest BCUT2D eigenvalue weighted by atomic mass is 35.5. The number of aromatic nitrogens is 2. The smallest absolute Gasteiger partial charge is 0.271 e. The lowest BCUT2D eigenvalue weighted by Gasteiger charge is -2.32. The molecular formula is C13H20ClN5O. The first-order chi connectivity index (χ1) is 9.65. The van der Waals surface area contributed by atoms with Crippen LogP contribution in [0, 0.1) is 0 Å². The van der Waals surface area contributed by atoms with Gasteiger partial charge in [0, 0.05) is 32.7 Å².